The van der Waals surface area contributed by atoms with Gasteiger partial charge in [0.15, 0.2) is 0 Å². The lowest BCUT2D eigenvalue weighted by molar-refractivity contribution is 0.0949. The van der Waals surface area contributed by atoms with Crippen molar-refractivity contribution in [3.63, 3.8) is 0 Å². The van der Waals surface area contributed by atoms with Gasteiger partial charge in [-0.05, 0) is 89.4 Å². The van der Waals surface area contributed by atoms with Gasteiger partial charge in [-0.3, -0.25) is 14.4 Å². The Bertz CT molecular complexity index is 980. The molecule has 3 N–H and O–H groups in total. The lowest BCUT2D eigenvalue weighted by Gasteiger charge is -2.18. The second-order valence-electron chi connectivity index (χ2n) is 9.39. The van der Waals surface area contributed by atoms with Crippen LogP contribution in [0.4, 0.5) is 5.69 Å². The molecule has 0 radical (unpaired) electrons. The van der Waals surface area contributed by atoms with Crippen molar-refractivity contribution in [1.82, 2.24) is 20.4 Å². The van der Waals surface area contributed by atoms with Crippen LogP contribution in [0, 0.1) is 6.92 Å². The molecule has 0 saturated heterocycles. The van der Waals surface area contributed by atoms with Gasteiger partial charge in [0.1, 0.15) is 0 Å². The molecule has 0 spiro atoms. The Kier molecular flexibility index (Phi) is 13.5. The van der Waals surface area contributed by atoms with Crippen LogP contribution in [0.15, 0.2) is 42.5 Å². The Labute approximate surface area is 228 Å². The molecule has 0 bridgehead atoms. The van der Waals surface area contributed by atoms with Crippen LogP contribution in [0.3, 0.4) is 0 Å². The van der Waals surface area contributed by atoms with E-state index in [1.807, 2.05) is 19.1 Å². The number of amides is 3. The lowest BCUT2D eigenvalue weighted by atomic mass is 10.1. The van der Waals surface area contributed by atoms with Crippen LogP contribution in [0.25, 0.3) is 0 Å². The summed E-state index contributed by atoms with van der Waals surface area (Å²) < 4.78 is 0. The van der Waals surface area contributed by atoms with Crippen LogP contribution in [0.2, 0.25) is 0 Å². The Hall–Kier alpha value is -3.23. The second-order valence-corrected chi connectivity index (χ2v) is 9.39. The molecule has 2 rings (SSSR count). The highest BCUT2D eigenvalue weighted by Gasteiger charge is 2.15. The van der Waals surface area contributed by atoms with E-state index in [1.54, 1.807) is 30.3 Å². The standard InChI is InChI=1S/C30H45N5O3/c1-6-34(7-2)18-10-16-31-28(36)25-20-26(29(37)32-17-11-19-35(8-3)9-4)22-27(21-25)33-30(38)24-14-12-23(5)13-15-24/h12-15,20-22H,6-11,16-19H2,1-5H3,(H,31,36)(H,32,37)(H,33,38). The highest BCUT2D eigenvalue weighted by Crippen LogP contribution is 2.17. The summed E-state index contributed by atoms with van der Waals surface area (Å²) in [5.74, 6) is -0.842. The summed E-state index contributed by atoms with van der Waals surface area (Å²) in [4.78, 5) is 43.4. The molecule has 0 fully saturated rings. The number of anilines is 1. The zero-order valence-corrected chi connectivity index (χ0v) is 23.7. The van der Waals surface area contributed by atoms with Gasteiger partial charge in [-0.15, -0.1) is 0 Å². The minimum atomic E-state index is -0.299. The molecule has 0 aliphatic rings. The summed E-state index contributed by atoms with van der Waals surface area (Å²) in [6.45, 7) is 17.2. The quantitative estimate of drug-likeness (QED) is 0.287. The Morgan fingerprint density at radius 2 is 1.08 bits per heavy atom. The van der Waals surface area contributed by atoms with Gasteiger partial charge < -0.3 is 25.8 Å². The molecule has 0 aliphatic carbocycles. The molecule has 3 amide bonds. The summed E-state index contributed by atoms with van der Waals surface area (Å²) in [5, 5.41) is 8.75. The molecule has 208 valence electrons. The Balaban J connectivity index is 2.14. The minimum absolute atomic E-state index is 0.272. The van der Waals surface area contributed by atoms with Crippen molar-refractivity contribution in [2.75, 3.05) is 57.7 Å². The number of benzene rings is 2. The van der Waals surface area contributed by atoms with Crippen molar-refractivity contribution in [3.8, 4) is 0 Å². The monoisotopic (exact) mass is 523 g/mol. The zero-order chi connectivity index (χ0) is 27.9. The second kappa shape index (κ2) is 16.6. The molecule has 0 heterocycles. The number of aryl methyl sites for hydroxylation is 1. The molecule has 8 nitrogen and oxygen atoms in total. The van der Waals surface area contributed by atoms with Gasteiger partial charge in [0.05, 0.1) is 0 Å². The Morgan fingerprint density at radius 3 is 1.50 bits per heavy atom. The average Bonchev–Trinajstić information content (AvgIpc) is 2.93. The molecule has 38 heavy (non-hydrogen) atoms. The summed E-state index contributed by atoms with van der Waals surface area (Å²) >= 11 is 0. The first kappa shape index (κ1) is 31.0. The van der Waals surface area contributed by atoms with E-state index in [0.717, 1.165) is 57.7 Å². The molecule has 0 atom stereocenters. The van der Waals surface area contributed by atoms with Crippen LogP contribution in [-0.2, 0) is 0 Å². The summed E-state index contributed by atoms with van der Waals surface area (Å²) in [5.41, 5.74) is 2.63. The topological polar surface area (TPSA) is 93.8 Å². The van der Waals surface area contributed by atoms with E-state index < -0.39 is 0 Å². The number of hydrogen-bond acceptors (Lipinski definition) is 5. The van der Waals surface area contributed by atoms with Crippen molar-refractivity contribution in [2.24, 2.45) is 0 Å². The first-order chi connectivity index (χ1) is 18.3. The maximum absolute atomic E-state index is 13.0. The van der Waals surface area contributed by atoms with E-state index in [4.69, 9.17) is 0 Å². The molecule has 0 saturated carbocycles. The van der Waals surface area contributed by atoms with E-state index in [0.29, 0.717) is 35.5 Å². The van der Waals surface area contributed by atoms with E-state index in [-0.39, 0.29) is 17.7 Å². The van der Waals surface area contributed by atoms with Crippen LogP contribution in [-0.4, -0.2) is 79.9 Å². The van der Waals surface area contributed by atoms with E-state index in [2.05, 4.69) is 53.4 Å². The van der Waals surface area contributed by atoms with Crippen molar-refractivity contribution in [1.29, 1.82) is 0 Å². The van der Waals surface area contributed by atoms with Gasteiger partial charge in [0.2, 0.25) is 0 Å². The molecule has 2 aromatic rings. The highest BCUT2D eigenvalue weighted by atomic mass is 16.2. The fraction of sp³-hybridized carbons (Fsp3) is 0.500. The van der Waals surface area contributed by atoms with Crippen LogP contribution >= 0.6 is 0 Å². The van der Waals surface area contributed by atoms with Crippen LogP contribution < -0.4 is 16.0 Å². The molecule has 0 unspecified atom stereocenters. The number of carbonyl (C=O) groups is 3. The fourth-order valence-corrected chi connectivity index (χ4v) is 4.16. The summed E-state index contributed by atoms with van der Waals surface area (Å²) in [6.07, 6.45) is 1.66. The van der Waals surface area contributed by atoms with E-state index in [1.165, 1.54) is 0 Å². The highest BCUT2D eigenvalue weighted by molar-refractivity contribution is 6.07. The van der Waals surface area contributed by atoms with Crippen molar-refractivity contribution < 1.29 is 14.4 Å². The predicted octanol–water partition coefficient (Wildman–Crippen LogP) is 4.17. The molecular weight excluding hydrogens is 478 g/mol. The van der Waals surface area contributed by atoms with Gasteiger partial charge >= 0.3 is 0 Å². The van der Waals surface area contributed by atoms with Gasteiger partial charge in [0, 0.05) is 35.5 Å². The number of hydrogen-bond donors (Lipinski definition) is 3. The van der Waals surface area contributed by atoms with Gasteiger partial charge in [-0.2, -0.15) is 0 Å². The molecule has 8 heteroatoms. The van der Waals surface area contributed by atoms with Crippen LogP contribution in [0.1, 0.15) is 77.2 Å². The van der Waals surface area contributed by atoms with Crippen LogP contribution in [0.5, 0.6) is 0 Å². The molecular formula is C30H45N5O3. The molecule has 0 aromatic heterocycles. The largest absolute Gasteiger partial charge is 0.352 e. The summed E-state index contributed by atoms with van der Waals surface area (Å²) in [6, 6.07) is 12.1. The molecule has 2 aromatic carbocycles. The normalized spacial score (nSPS) is 11.0. The van der Waals surface area contributed by atoms with Gasteiger partial charge in [-0.25, -0.2) is 0 Å². The third-order valence-electron chi connectivity index (χ3n) is 6.69. The first-order valence-corrected chi connectivity index (χ1v) is 13.8. The zero-order valence-electron chi connectivity index (χ0n) is 23.7. The minimum Gasteiger partial charge on any atom is -0.352 e. The SMILES string of the molecule is CCN(CC)CCCNC(=O)c1cc(NC(=O)c2ccc(C)cc2)cc(C(=O)NCCCN(CC)CC)c1. The van der Waals surface area contributed by atoms with E-state index in [9.17, 15) is 14.4 Å². The van der Waals surface area contributed by atoms with Gasteiger partial charge in [0.25, 0.3) is 17.7 Å². The third kappa shape index (κ3) is 10.3. The average molecular weight is 524 g/mol. The maximum Gasteiger partial charge on any atom is 0.255 e. The van der Waals surface area contributed by atoms with Crippen molar-refractivity contribution in [2.45, 2.75) is 47.5 Å². The van der Waals surface area contributed by atoms with Crippen molar-refractivity contribution >= 4 is 23.4 Å². The first-order valence-electron chi connectivity index (χ1n) is 13.8. The number of nitrogens with zero attached hydrogens (tertiary/aromatic N) is 2. The van der Waals surface area contributed by atoms with Gasteiger partial charge in [-0.1, -0.05) is 45.4 Å². The fourth-order valence-electron chi connectivity index (χ4n) is 4.16. The number of carbonyl (C=O) groups excluding carboxylic acids is 3. The number of nitrogens with one attached hydrogen (secondary N) is 3. The number of rotatable bonds is 16. The maximum atomic E-state index is 13.0. The lowest BCUT2D eigenvalue weighted by Crippen LogP contribution is -2.31. The summed E-state index contributed by atoms with van der Waals surface area (Å²) in [7, 11) is 0. The smallest absolute Gasteiger partial charge is 0.255 e. The molecule has 0 aliphatic heterocycles. The predicted molar refractivity (Wildman–Crippen MR) is 155 cm³/mol. The third-order valence-corrected chi connectivity index (χ3v) is 6.69. The van der Waals surface area contributed by atoms with Crippen molar-refractivity contribution in [3.05, 3.63) is 64.7 Å². The van der Waals surface area contributed by atoms with E-state index >= 15 is 0 Å². The Morgan fingerprint density at radius 1 is 0.632 bits per heavy atom.